The van der Waals surface area contributed by atoms with Crippen molar-refractivity contribution in [2.24, 2.45) is 45.6 Å². The number of fused-ring (bicyclic) bond motifs is 5. The van der Waals surface area contributed by atoms with Gasteiger partial charge in [0, 0.05) is 49.0 Å². The third kappa shape index (κ3) is 3.72. The summed E-state index contributed by atoms with van der Waals surface area (Å²) < 4.78 is 5.67. The Morgan fingerprint density at radius 3 is 2.68 bits per heavy atom. The Morgan fingerprint density at radius 2 is 1.97 bits per heavy atom. The number of rotatable bonds is 5. The number of hydrogen-bond donors (Lipinski definition) is 2. The number of nitrogens with one attached hydrogen (secondary N) is 1. The van der Waals surface area contributed by atoms with Crippen LogP contribution in [0, 0.1) is 40.4 Å². The maximum absolute atomic E-state index is 13.9. The van der Waals surface area contributed by atoms with Crippen molar-refractivity contribution in [3.05, 3.63) is 0 Å². The van der Waals surface area contributed by atoms with Crippen molar-refractivity contribution in [3.8, 4) is 0 Å². The summed E-state index contributed by atoms with van der Waals surface area (Å²) in [6, 6.07) is 0. The average molecular weight is 475 g/mol. The molecule has 34 heavy (non-hydrogen) atoms. The van der Waals surface area contributed by atoms with E-state index < -0.39 is 16.7 Å². The zero-order valence-corrected chi connectivity index (χ0v) is 20.4. The third-order valence-corrected chi connectivity index (χ3v) is 10.1. The molecule has 0 aromatic heterocycles. The van der Waals surface area contributed by atoms with E-state index >= 15 is 0 Å². The van der Waals surface area contributed by atoms with E-state index in [1.54, 1.807) is 0 Å². The summed E-state index contributed by atoms with van der Waals surface area (Å²) in [4.78, 5) is 44.4. The smallest absolute Gasteiger partial charge is 0.302 e. The number of hydrogen-bond acceptors (Lipinski definition) is 8. The van der Waals surface area contributed by atoms with Gasteiger partial charge in [-0.2, -0.15) is 0 Å². The lowest BCUT2D eigenvalue weighted by Crippen LogP contribution is -2.63. The first-order valence-corrected chi connectivity index (χ1v) is 13.0. The fourth-order valence-electron chi connectivity index (χ4n) is 8.22. The zero-order chi connectivity index (χ0) is 24.1. The molecule has 1 saturated heterocycles. The molecule has 8 atom stereocenters. The topological polar surface area (TPSA) is 114 Å². The van der Waals surface area contributed by atoms with Crippen molar-refractivity contribution >= 4 is 23.2 Å². The Balaban J connectivity index is 1.48. The highest BCUT2D eigenvalue weighted by molar-refractivity contribution is 5.93. The highest BCUT2D eigenvalue weighted by atomic mass is 16.6. The summed E-state index contributed by atoms with van der Waals surface area (Å²) in [7, 11) is 0. The van der Waals surface area contributed by atoms with Crippen molar-refractivity contribution in [1.82, 2.24) is 5.32 Å². The minimum absolute atomic E-state index is 0.0173. The largest absolute Gasteiger partial charge is 0.465 e. The molecule has 4 aliphatic carbocycles. The molecule has 0 spiro atoms. The van der Waals surface area contributed by atoms with Gasteiger partial charge in [0.25, 0.3) is 0 Å². The molecule has 8 heteroatoms. The van der Waals surface area contributed by atoms with Gasteiger partial charge in [0.1, 0.15) is 17.7 Å². The number of ether oxygens (including phenoxy) is 1. The quantitative estimate of drug-likeness (QED) is 0.464. The van der Waals surface area contributed by atoms with Crippen LogP contribution in [0.2, 0.25) is 0 Å². The predicted octanol–water partition coefficient (Wildman–Crippen LogP) is 2.27. The van der Waals surface area contributed by atoms with E-state index in [1.165, 1.54) is 6.92 Å². The number of carbonyl (C=O) groups excluding carboxylic acids is 3. The summed E-state index contributed by atoms with van der Waals surface area (Å²) in [6.07, 6.45) is 5.88. The highest BCUT2D eigenvalue weighted by Gasteiger charge is 2.66. The maximum Gasteiger partial charge on any atom is 0.302 e. The molecule has 0 aromatic carbocycles. The first kappa shape index (κ1) is 23.9. The lowest BCUT2D eigenvalue weighted by molar-refractivity contribution is -0.181. The van der Waals surface area contributed by atoms with E-state index in [2.05, 4.69) is 10.5 Å². The molecule has 0 amide bonds. The normalized spacial score (nSPS) is 45.0. The highest BCUT2D eigenvalue weighted by Crippen LogP contribution is 2.65. The minimum Gasteiger partial charge on any atom is -0.465 e. The Bertz CT molecular complexity index is 883. The monoisotopic (exact) mass is 474 g/mol. The maximum atomic E-state index is 13.9. The molecule has 5 rings (SSSR count). The molecule has 0 bridgehead atoms. The number of ketones is 2. The fraction of sp³-hybridized carbons (Fsp3) is 0.846. The number of carbonyl (C=O) groups is 3. The molecule has 0 aromatic rings. The van der Waals surface area contributed by atoms with Gasteiger partial charge in [-0.1, -0.05) is 12.1 Å². The Morgan fingerprint density at radius 1 is 1.15 bits per heavy atom. The molecule has 8 nitrogen and oxygen atoms in total. The summed E-state index contributed by atoms with van der Waals surface area (Å²) in [5, 5.41) is 18.2. The molecule has 5 aliphatic rings. The van der Waals surface area contributed by atoms with E-state index in [9.17, 15) is 19.5 Å². The van der Waals surface area contributed by atoms with Gasteiger partial charge in [-0.25, -0.2) is 0 Å². The van der Waals surface area contributed by atoms with Crippen LogP contribution in [0.4, 0.5) is 0 Å². The molecule has 5 fully saturated rings. The van der Waals surface area contributed by atoms with E-state index in [1.807, 2.05) is 6.92 Å². The predicted molar refractivity (Wildman–Crippen MR) is 124 cm³/mol. The molecule has 5 unspecified atom stereocenters. The third-order valence-electron chi connectivity index (χ3n) is 10.1. The standard InChI is InChI=1S/C26H38N2O6/c1-15(30)33-14-26-9-5-16(28-34-17-7-10-27-12-17)11-21(26)18(13-29)24(32)23-19-3-4-22(31)25(19,2)8-6-20(23)26/h17-21,23,27,29H,3-14H2,1-2H3/t17?,18-,19?,20?,21?,23?,25+,26+/m1/s1. The molecule has 188 valence electrons. The van der Waals surface area contributed by atoms with Gasteiger partial charge in [0.15, 0.2) is 0 Å². The Kier molecular flexibility index (Phi) is 6.34. The molecule has 1 aliphatic heterocycles. The second-order valence-electron chi connectivity index (χ2n) is 11.5. The van der Waals surface area contributed by atoms with Crippen LogP contribution >= 0.6 is 0 Å². The first-order valence-electron chi connectivity index (χ1n) is 13.0. The lowest BCUT2D eigenvalue weighted by Gasteiger charge is -2.61. The van der Waals surface area contributed by atoms with Gasteiger partial charge in [0.2, 0.25) is 0 Å². The van der Waals surface area contributed by atoms with Crippen LogP contribution in [-0.4, -0.2) is 60.8 Å². The average Bonchev–Trinajstić information content (AvgIpc) is 3.44. The van der Waals surface area contributed by atoms with Gasteiger partial charge in [-0.05, 0) is 62.8 Å². The van der Waals surface area contributed by atoms with Crippen molar-refractivity contribution in [2.45, 2.75) is 71.3 Å². The fourth-order valence-corrected chi connectivity index (χ4v) is 8.22. The van der Waals surface area contributed by atoms with E-state index in [0.717, 1.165) is 57.3 Å². The molecule has 0 radical (unpaired) electrons. The lowest BCUT2D eigenvalue weighted by atomic mass is 9.42. The van der Waals surface area contributed by atoms with Crippen molar-refractivity contribution in [2.75, 3.05) is 26.3 Å². The molecule has 4 saturated carbocycles. The van der Waals surface area contributed by atoms with Crippen molar-refractivity contribution in [1.29, 1.82) is 0 Å². The van der Waals surface area contributed by atoms with E-state index in [0.29, 0.717) is 12.8 Å². The molecular formula is C26H38N2O6. The van der Waals surface area contributed by atoms with Gasteiger partial charge in [0.05, 0.1) is 18.9 Å². The summed E-state index contributed by atoms with van der Waals surface area (Å²) in [6.45, 7) is 5.21. The van der Waals surface area contributed by atoms with Crippen LogP contribution in [-0.2, 0) is 24.0 Å². The summed E-state index contributed by atoms with van der Waals surface area (Å²) >= 11 is 0. The van der Waals surface area contributed by atoms with Crippen molar-refractivity contribution < 1.29 is 29.1 Å². The van der Waals surface area contributed by atoms with Gasteiger partial charge in [-0.15, -0.1) is 0 Å². The minimum atomic E-state index is -0.534. The van der Waals surface area contributed by atoms with Crippen LogP contribution < -0.4 is 5.32 Å². The number of aliphatic hydroxyl groups is 1. The van der Waals surface area contributed by atoms with Crippen LogP contribution in [0.3, 0.4) is 0 Å². The second kappa shape index (κ2) is 9.01. The first-order chi connectivity index (χ1) is 16.3. The Labute approximate surface area is 201 Å². The summed E-state index contributed by atoms with van der Waals surface area (Å²) in [5.41, 5.74) is 0.0895. The van der Waals surface area contributed by atoms with Crippen LogP contribution in [0.15, 0.2) is 5.16 Å². The number of Topliss-reactive ketones (excluding diaryl/α,β-unsaturated/α-hetero) is 2. The summed E-state index contributed by atoms with van der Waals surface area (Å²) in [5.74, 6) is -0.815. The van der Waals surface area contributed by atoms with Crippen LogP contribution in [0.5, 0.6) is 0 Å². The van der Waals surface area contributed by atoms with E-state index in [-0.39, 0.29) is 60.5 Å². The Hall–Kier alpha value is -1.80. The molecule has 2 N–H and O–H groups in total. The zero-order valence-electron chi connectivity index (χ0n) is 20.4. The van der Waals surface area contributed by atoms with Gasteiger partial charge < -0.3 is 20.0 Å². The van der Waals surface area contributed by atoms with Gasteiger partial charge >= 0.3 is 5.97 Å². The number of aliphatic hydroxyl groups excluding tert-OH is 1. The second-order valence-corrected chi connectivity index (χ2v) is 11.5. The SMILES string of the molecule is CC(=O)OC[C@]12CCC(=NOC3CCNC3)CC1[C@@H](CO)C(=O)C1C2CC[C@]2(C)C(=O)CCC12. The molecule has 1 heterocycles. The van der Waals surface area contributed by atoms with E-state index in [4.69, 9.17) is 9.57 Å². The van der Waals surface area contributed by atoms with Gasteiger partial charge in [-0.3, -0.25) is 14.4 Å². The van der Waals surface area contributed by atoms with Crippen LogP contribution in [0.1, 0.15) is 65.2 Å². The van der Waals surface area contributed by atoms with Crippen LogP contribution in [0.25, 0.3) is 0 Å². The molecular weight excluding hydrogens is 436 g/mol. The number of nitrogens with zero attached hydrogens (tertiary/aromatic N) is 1. The number of oxime groups is 1. The van der Waals surface area contributed by atoms with Crippen molar-refractivity contribution in [3.63, 3.8) is 0 Å². The number of esters is 1.